The Hall–Kier alpha value is -2.17. The Kier molecular flexibility index (Phi) is 4.74. The van der Waals surface area contributed by atoms with Gasteiger partial charge < -0.3 is 5.32 Å². The molecular formula is C18H15ClN2OS. The number of aryl methyl sites for hydroxylation is 1. The molecule has 0 bridgehead atoms. The van der Waals surface area contributed by atoms with E-state index in [1.165, 1.54) is 11.3 Å². The number of anilines is 1. The van der Waals surface area contributed by atoms with Gasteiger partial charge >= 0.3 is 0 Å². The summed E-state index contributed by atoms with van der Waals surface area (Å²) < 4.78 is 0. The van der Waals surface area contributed by atoms with Crippen molar-refractivity contribution in [2.75, 3.05) is 5.32 Å². The minimum Gasteiger partial charge on any atom is -0.317 e. The fourth-order valence-corrected chi connectivity index (χ4v) is 3.32. The smallest absolute Gasteiger partial charge is 0.229 e. The van der Waals surface area contributed by atoms with E-state index in [9.17, 15) is 4.79 Å². The zero-order chi connectivity index (χ0) is 16.2. The van der Waals surface area contributed by atoms with Gasteiger partial charge in [0.1, 0.15) is 5.15 Å². The maximum Gasteiger partial charge on any atom is 0.229 e. The van der Waals surface area contributed by atoms with E-state index >= 15 is 0 Å². The zero-order valence-corrected chi connectivity index (χ0v) is 14.1. The lowest BCUT2D eigenvalue weighted by molar-refractivity contribution is -0.115. The number of thiophene rings is 1. The third-order valence-corrected chi connectivity index (χ3v) is 4.42. The molecule has 3 rings (SSSR count). The number of pyridine rings is 1. The van der Waals surface area contributed by atoms with Gasteiger partial charge in [-0.05, 0) is 41.8 Å². The molecule has 0 fully saturated rings. The summed E-state index contributed by atoms with van der Waals surface area (Å²) in [5.74, 6) is -0.0169. The van der Waals surface area contributed by atoms with E-state index in [-0.39, 0.29) is 5.91 Å². The maximum atomic E-state index is 12.2. The molecule has 0 unspecified atom stereocenters. The molecule has 0 aliphatic rings. The van der Waals surface area contributed by atoms with Crippen LogP contribution in [0.3, 0.4) is 0 Å². The standard InChI is InChI=1S/C18H15ClN2OS/c1-12-3-2-4-13(7-12)8-17(22)21-18-10-15(11-23-18)14-5-6-20-16(19)9-14/h2-7,9-11H,8H2,1H3,(H,21,22). The second-order valence-corrected chi connectivity index (χ2v) is 6.58. The molecule has 0 radical (unpaired) electrons. The molecule has 1 aromatic carbocycles. The van der Waals surface area contributed by atoms with Crippen molar-refractivity contribution < 1.29 is 4.79 Å². The minimum atomic E-state index is -0.0169. The van der Waals surface area contributed by atoms with Gasteiger partial charge in [0.25, 0.3) is 0 Å². The molecule has 1 amide bonds. The first kappa shape index (κ1) is 15.7. The summed E-state index contributed by atoms with van der Waals surface area (Å²) in [6, 6.07) is 13.6. The molecule has 1 N–H and O–H groups in total. The molecule has 0 saturated carbocycles. The summed E-state index contributed by atoms with van der Waals surface area (Å²) >= 11 is 7.41. The second kappa shape index (κ2) is 6.94. The molecule has 0 saturated heterocycles. The molecule has 3 aromatic rings. The lowest BCUT2D eigenvalue weighted by Gasteiger charge is -2.03. The molecule has 116 valence electrons. The van der Waals surface area contributed by atoms with E-state index < -0.39 is 0 Å². The number of hydrogen-bond acceptors (Lipinski definition) is 3. The Morgan fingerprint density at radius 3 is 2.87 bits per heavy atom. The summed E-state index contributed by atoms with van der Waals surface area (Å²) in [6.45, 7) is 2.02. The highest BCUT2D eigenvalue weighted by Gasteiger charge is 2.08. The van der Waals surface area contributed by atoms with Crippen LogP contribution in [-0.2, 0) is 11.2 Å². The average molecular weight is 343 g/mol. The van der Waals surface area contributed by atoms with Crippen molar-refractivity contribution in [2.45, 2.75) is 13.3 Å². The van der Waals surface area contributed by atoms with Gasteiger partial charge in [-0.25, -0.2) is 4.98 Å². The molecular weight excluding hydrogens is 328 g/mol. The fraction of sp³-hybridized carbons (Fsp3) is 0.111. The predicted octanol–water partition coefficient (Wildman–Crippen LogP) is 4.95. The van der Waals surface area contributed by atoms with Crippen LogP contribution in [0.25, 0.3) is 11.1 Å². The van der Waals surface area contributed by atoms with Gasteiger partial charge in [0.2, 0.25) is 5.91 Å². The van der Waals surface area contributed by atoms with Crippen molar-refractivity contribution in [2.24, 2.45) is 0 Å². The Labute approximate surface area is 144 Å². The highest BCUT2D eigenvalue weighted by molar-refractivity contribution is 7.14. The topological polar surface area (TPSA) is 42.0 Å². The van der Waals surface area contributed by atoms with Crippen molar-refractivity contribution >= 4 is 33.8 Å². The number of carbonyl (C=O) groups is 1. The summed E-state index contributed by atoms with van der Waals surface area (Å²) in [5.41, 5.74) is 4.18. The molecule has 0 aliphatic carbocycles. The summed E-state index contributed by atoms with van der Waals surface area (Å²) in [4.78, 5) is 16.1. The Morgan fingerprint density at radius 1 is 1.22 bits per heavy atom. The van der Waals surface area contributed by atoms with Crippen LogP contribution in [0.2, 0.25) is 5.15 Å². The van der Waals surface area contributed by atoms with Crippen molar-refractivity contribution in [3.63, 3.8) is 0 Å². The number of carbonyl (C=O) groups excluding carboxylic acids is 1. The van der Waals surface area contributed by atoms with Gasteiger partial charge in [-0.3, -0.25) is 4.79 Å². The van der Waals surface area contributed by atoms with Crippen LogP contribution in [0.1, 0.15) is 11.1 Å². The highest BCUT2D eigenvalue weighted by atomic mass is 35.5. The van der Waals surface area contributed by atoms with Gasteiger partial charge in [0.05, 0.1) is 11.4 Å². The van der Waals surface area contributed by atoms with Crippen LogP contribution in [-0.4, -0.2) is 10.9 Å². The summed E-state index contributed by atoms with van der Waals surface area (Å²) in [5, 5.41) is 6.22. The van der Waals surface area contributed by atoms with Crippen molar-refractivity contribution in [1.82, 2.24) is 4.98 Å². The number of rotatable bonds is 4. The number of aromatic nitrogens is 1. The number of benzene rings is 1. The van der Waals surface area contributed by atoms with Crippen LogP contribution < -0.4 is 5.32 Å². The van der Waals surface area contributed by atoms with E-state index in [0.29, 0.717) is 11.6 Å². The third kappa shape index (κ3) is 4.18. The SMILES string of the molecule is Cc1cccc(CC(=O)Nc2cc(-c3ccnc(Cl)c3)cs2)c1. The van der Waals surface area contributed by atoms with Gasteiger partial charge in [-0.15, -0.1) is 11.3 Å². The molecule has 2 heterocycles. The summed E-state index contributed by atoms with van der Waals surface area (Å²) in [7, 11) is 0. The zero-order valence-electron chi connectivity index (χ0n) is 12.5. The Balaban J connectivity index is 1.68. The first-order chi connectivity index (χ1) is 11.1. The van der Waals surface area contributed by atoms with Crippen LogP contribution in [0.5, 0.6) is 0 Å². The van der Waals surface area contributed by atoms with E-state index in [2.05, 4.69) is 10.3 Å². The van der Waals surface area contributed by atoms with Crippen molar-refractivity contribution in [3.05, 3.63) is 70.3 Å². The minimum absolute atomic E-state index is 0.0169. The third-order valence-electron chi connectivity index (χ3n) is 3.37. The molecule has 2 aromatic heterocycles. The van der Waals surface area contributed by atoms with E-state index in [0.717, 1.165) is 27.3 Å². The van der Waals surface area contributed by atoms with E-state index in [4.69, 9.17) is 11.6 Å². The van der Waals surface area contributed by atoms with Crippen LogP contribution in [0.4, 0.5) is 5.00 Å². The normalized spacial score (nSPS) is 10.5. The quantitative estimate of drug-likeness (QED) is 0.681. The highest BCUT2D eigenvalue weighted by Crippen LogP contribution is 2.29. The average Bonchev–Trinajstić information content (AvgIpc) is 2.95. The van der Waals surface area contributed by atoms with E-state index in [1.54, 1.807) is 6.20 Å². The van der Waals surface area contributed by atoms with Gasteiger partial charge in [-0.1, -0.05) is 41.4 Å². The second-order valence-electron chi connectivity index (χ2n) is 5.28. The molecule has 0 atom stereocenters. The number of nitrogens with one attached hydrogen (secondary N) is 1. The fourth-order valence-electron chi connectivity index (χ4n) is 2.32. The Morgan fingerprint density at radius 2 is 2.09 bits per heavy atom. The lowest BCUT2D eigenvalue weighted by atomic mass is 10.1. The number of amides is 1. The monoisotopic (exact) mass is 342 g/mol. The number of hydrogen-bond donors (Lipinski definition) is 1. The first-order valence-corrected chi connectivity index (χ1v) is 8.42. The first-order valence-electron chi connectivity index (χ1n) is 7.16. The van der Waals surface area contributed by atoms with Gasteiger partial charge in [-0.2, -0.15) is 0 Å². The van der Waals surface area contributed by atoms with Gasteiger partial charge in [0.15, 0.2) is 0 Å². The van der Waals surface area contributed by atoms with Crippen molar-refractivity contribution in [3.8, 4) is 11.1 Å². The number of halogens is 1. The molecule has 0 aliphatic heterocycles. The van der Waals surface area contributed by atoms with E-state index in [1.807, 2.05) is 54.8 Å². The van der Waals surface area contributed by atoms with Crippen LogP contribution in [0, 0.1) is 6.92 Å². The van der Waals surface area contributed by atoms with Crippen LogP contribution >= 0.6 is 22.9 Å². The summed E-state index contributed by atoms with van der Waals surface area (Å²) in [6.07, 6.45) is 2.04. The molecule has 5 heteroatoms. The van der Waals surface area contributed by atoms with Gasteiger partial charge in [0, 0.05) is 11.6 Å². The van der Waals surface area contributed by atoms with Crippen LogP contribution in [0.15, 0.2) is 54.0 Å². The van der Waals surface area contributed by atoms with Crippen molar-refractivity contribution in [1.29, 1.82) is 0 Å². The largest absolute Gasteiger partial charge is 0.317 e. The predicted molar refractivity (Wildman–Crippen MR) is 96.1 cm³/mol. The number of nitrogens with zero attached hydrogens (tertiary/aromatic N) is 1. The Bertz CT molecular complexity index is 844. The lowest BCUT2D eigenvalue weighted by Crippen LogP contribution is -2.13. The molecule has 3 nitrogen and oxygen atoms in total. The molecule has 23 heavy (non-hydrogen) atoms. The maximum absolute atomic E-state index is 12.2. The molecule has 0 spiro atoms.